The third kappa shape index (κ3) is 2.79. The van der Waals surface area contributed by atoms with Crippen LogP contribution in [0.25, 0.3) is 0 Å². The van der Waals surface area contributed by atoms with Crippen molar-refractivity contribution >= 4 is 11.8 Å². The third-order valence-corrected chi connectivity index (χ3v) is 3.54. The minimum atomic E-state index is -0.163. The normalized spacial score (nSPS) is 13.5. The Morgan fingerprint density at radius 2 is 2.24 bits per heavy atom. The number of rotatable bonds is 2. The minimum absolute atomic E-state index is 0.163. The van der Waals surface area contributed by atoms with Crippen LogP contribution < -0.4 is 10.1 Å². The molecule has 0 spiro atoms. The van der Waals surface area contributed by atoms with Gasteiger partial charge in [0.2, 0.25) is 0 Å². The maximum Gasteiger partial charge on any atom is 0.323 e. The second kappa shape index (κ2) is 5.78. The molecule has 0 aliphatic carbocycles. The highest BCUT2D eigenvalue weighted by molar-refractivity contribution is 5.88. The number of nitrogens with one attached hydrogen (secondary N) is 1. The molecule has 2 aromatic rings. The number of anilines is 1. The molecule has 0 saturated heterocycles. The molecule has 1 aromatic carbocycles. The van der Waals surface area contributed by atoms with Crippen LogP contribution >= 0.6 is 0 Å². The van der Waals surface area contributed by atoms with Gasteiger partial charge in [0.1, 0.15) is 5.75 Å². The summed E-state index contributed by atoms with van der Waals surface area (Å²) in [7, 11) is 1.67. The Morgan fingerprint density at radius 1 is 1.33 bits per heavy atom. The summed E-state index contributed by atoms with van der Waals surface area (Å²) in [5, 5.41) is 10.4. The Bertz CT molecular complexity index is 645. The van der Waals surface area contributed by atoms with Crippen LogP contribution in [-0.4, -0.2) is 34.8 Å². The zero-order valence-electron chi connectivity index (χ0n) is 11.7. The molecule has 3 rings (SSSR count). The van der Waals surface area contributed by atoms with Crippen molar-refractivity contribution in [3.63, 3.8) is 0 Å². The maximum absolute atomic E-state index is 12.2. The van der Waals surface area contributed by atoms with Crippen LogP contribution in [-0.2, 0) is 13.0 Å². The summed E-state index contributed by atoms with van der Waals surface area (Å²) in [6, 6.07) is 9.21. The number of methoxy groups -OCH3 is 1. The average molecular weight is 284 g/mol. The monoisotopic (exact) mass is 284 g/mol. The first kappa shape index (κ1) is 13.4. The predicted molar refractivity (Wildman–Crippen MR) is 78.2 cm³/mol. The first-order valence-electron chi connectivity index (χ1n) is 6.76. The Kier molecular flexibility index (Phi) is 3.68. The van der Waals surface area contributed by atoms with E-state index in [0.717, 1.165) is 17.7 Å². The number of fused-ring (bicyclic) bond motifs is 1. The van der Waals surface area contributed by atoms with Gasteiger partial charge in [0, 0.05) is 24.8 Å². The Morgan fingerprint density at radius 3 is 3.00 bits per heavy atom. The molecule has 1 aliphatic heterocycles. The molecule has 0 fully saturated rings. The first-order chi connectivity index (χ1) is 10.3. The molecule has 2 heterocycles. The molecule has 0 atom stereocenters. The lowest BCUT2D eigenvalue weighted by Gasteiger charge is -2.29. The van der Waals surface area contributed by atoms with E-state index >= 15 is 0 Å². The van der Waals surface area contributed by atoms with Crippen molar-refractivity contribution in [1.82, 2.24) is 15.1 Å². The van der Waals surface area contributed by atoms with Crippen molar-refractivity contribution in [2.24, 2.45) is 0 Å². The molecule has 0 radical (unpaired) electrons. The fourth-order valence-electron chi connectivity index (χ4n) is 2.50. The van der Waals surface area contributed by atoms with Gasteiger partial charge in [0.25, 0.3) is 0 Å². The summed E-state index contributed by atoms with van der Waals surface area (Å²) in [5.41, 5.74) is 2.30. The van der Waals surface area contributed by atoms with Gasteiger partial charge in [-0.15, -0.1) is 5.10 Å². The van der Waals surface area contributed by atoms with Crippen molar-refractivity contribution in [1.29, 1.82) is 0 Å². The van der Waals surface area contributed by atoms with E-state index in [4.69, 9.17) is 4.74 Å². The quantitative estimate of drug-likeness (QED) is 0.916. The fourth-order valence-corrected chi connectivity index (χ4v) is 2.50. The minimum Gasteiger partial charge on any atom is -0.496 e. The average Bonchev–Trinajstić information content (AvgIpc) is 2.54. The van der Waals surface area contributed by atoms with Crippen LogP contribution in [0.15, 0.2) is 36.5 Å². The van der Waals surface area contributed by atoms with Crippen LogP contribution in [0.1, 0.15) is 11.1 Å². The first-order valence-corrected chi connectivity index (χ1v) is 6.76. The Balaban J connectivity index is 1.73. The van der Waals surface area contributed by atoms with Crippen LogP contribution in [0.5, 0.6) is 5.75 Å². The highest BCUT2D eigenvalue weighted by atomic mass is 16.5. The third-order valence-electron chi connectivity index (χ3n) is 3.54. The Labute approximate surface area is 122 Å². The largest absolute Gasteiger partial charge is 0.496 e. The van der Waals surface area contributed by atoms with Gasteiger partial charge in [0.15, 0.2) is 5.82 Å². The van der Waals surface area contributed by atoms with E-state index in [1.54, 1.807) is 30.3 Å². The number of amides is 2. The molecule has 6 heteroatoms. The standard InChI is InChI=1S/C15H16N4O2/c1-21-13-5-2-4-11-10-19(9-7-12(11)13)15(20)17-14-6-3-8-16-18-14/h2-6,8H,7,9-10H2,1H3,(H,17,18,20). The summed E-state index contributed by atoms with van der Waals surface area (Å²) >= 11 is 0. The zero-order chi connectivity index (χ0) is 14.7. The summed E-state index contributed by atoms with van der Waals surface area (Å²) < 4.78 is 5.37. The van der Waals surface area contributed by atoms with Gasteiger partial charge in [-0.2, -0.15) is 5.10 Å². The van der Waals surface area contributed by atoms with E-state index < -0.39 is 0 Å². The zero-order valence-corrected chi connectivity index (χ0v) is 11.7. The number of carbonyl (C=O) groups excluding carboxylic acids is 1. The SMILES string of the molecule is COc1cccc2c1CCN(C(=O)Nc1cccnn1)C2. The lowest BCUT2D eigenvalue weighted by molar-refractivity contribution is 0.205. The van der Waals surface area contributed by atoms with Crippen molar-refractivity contribution in [2.45, 2.75) is 13.0 Å². The summed E-state index contributed by atoms with van der Waals surface area (Å²) in [5.74, 6) is 1.35. The van der Waals surface area contributed by atoms with E-state index in [1.807, 2.05) is 18.2 Å². The molecule has 0 saturated carbocycles. The van der Waals surface area contributed by atoms with Crippen molar-refractivity contribution < 1.29 is 9.53 Å². The number of carbonyl (C=O) groups is 1. The molecular weight excluding hydrogens is 268 g/mol. The number of benzene rings is 1. The molecule has 2 amide bonds. The molecule has 1 N–H and O–H groups in total. The van der Waals surface area contributed by atoms with Crippen LogP contribution in [0.2, 0.25) is 0 Å². The summed E-state index contributed by atoms with van der Waals surface area (Å²) in [6.45, 7) is 1.22. The highest BCUT2D eigenvalue weighted by Gasteiger charge is 2.23. The van der Waals surface area contributed by atoms with E-state index in [0.29, 0.717) is 18.9 Å². The van der Waals surface area contributed by atoms with Crippen LogP contribution in [0.4, 0.5) is 10.6 Å². The molecule has 6 nitrogen and oxygen atoms in total. The Hall–Kier alpha value is -2.63. The van der Waals surface area contributed by atoms with Gasteiger partial charge in [-0.3, -0.25) is 5.32 Å². The van der Waals surface area contributed by atoms with Crippen LogP contribution in [0.3, 0.4) is 0 Å². The summed E-state index contributed by atoms with van der Waals surface area (Å²) in [6.07, 6.45) is 2.35. The van der Waals surface area contributed by atoms with Crippen molar-refractivity contribution in [3.8, 4) is 5.75 Å². The van der Waals surface area contributed by atoms with Gasteiger partial charge in [-0.1, -0.05) is 12.1 Å². The van der Waals surface area contributed by atoms with Crippen LogP contribution in [0, 0.1) is 0 Å². The molecule has 0 unspecified atom stereocenters. The maximum atomic E-state index is 12.2. The van der Waals surface area contributed by atoms with E-state index in [2.05, 4.69) is 15.5 Å². The summed E-state index contributed by atoms with van der Waals surface area (Å²) in [4.78, 5) is 14.0. The number of urea groups is 1. The lowest BCUT2D eigenvalue weighted by Crippen LogP contribution is -2.39. The molecular formula is C15H16N4O2. The van der Waals surface area contributed by atoms with E-state index in [1.165, 1.54) is 5.56 Å². The van der Waals surface area contributed by atoms with Crippen molar-refractivity contribution in [3.05, 3.63) is 47.7 Å². The number of aromatic nitrogens is 2. The molecule has 21 heavy (non-hydrogen) atoms. The van der Waals surface area contributed by atoms with Crippen molar-refractivity contribution in [2.75, 3.05) is 19.0 Å². The topological polar surface area (TPSA) is 67.3 Å². The molecule has 0 bridgehead atoms. The second-order valence-corrected chi connectivity index (χ2v) is 4.81. The number of hydrogen-bond acceptors (Lipinski definition) is 4. The lowest BCUT2D eigenvalue weighted by atomic mass is 9.99. The molecule has 1 aromatic heterocycles. The van der Waals surface area contributed by atoms with Gasteiger partial charge in [-0.05, 0) is 30.2 Å². The number of ether oxygens (including phenoxy) is 1. The number of nitrogens with zero attached hydrogens (tertiary/aromatic N) is 3. The fraction of sp³-hybridized carbons (Fsp3) is 0.267. The van der Waals surface area contributed by atoms with Gasteiger partial charge >= 0.3 is 6.03 Å². The smallest absolute Gasteiger partial charge is 0.323 e. The van der Waals surface area contributed by atoms with E-state index in [-0.39, 0.29) is 6.03 Å². The van der Waals surface area contributed by atoms with E-state index in [9.17, 15) is 4.79 Å². The number of hydrogen-bond donors (Lipinski definition) is 1. The molecule has 108 valence electrons. The highest BCUT2D eigenvalue weighted by Crippen LogP contribution is 2.27. The van der Waals surface area contributed by atoms with Gasteiger partial charge in [-0.25, -0.2) is 4.79 Å². The predicted octanol–water partition coefficient (Wildman–Crippen LogP) is 2.08. The van der Waals surface area contributed by atoms with Gasteiger partial charge < -0.3 is 9.64 Å². The molecule has 1 aliphatic rings. The second-order valence-electron chi connectivity index (χ2n) is 4.81. The van der Waals surface area contributed by atoms with Gasteiger partial charge in [0.05, 0.1) is 7.11 Å².